The summed E-state index contributed by atoms with van der Waals surface area (Å²) in [5, 5.41) is 1.12. The second-order valence-corrected chi connectivity index (χ2v) is 6.10. The van der Waals surface area contributed by atoms with Gasteiger partial charge in [0.25, 0.3) is 0 Å². The number of fused-ring (bicyclic) bond motifs is 3. The predicted molar refractivity (Wildman–Crippen MR) is 89.7 cm³/mol. The van der Waals surface area contributed by atoms with Crippen molar-refractivity contribution in [1.82, 2.24) is 14.5 Å². The van der Waals surface area contributed by atoms with Crippen molar-refractivity contribution in [3.63, 3.8) is 0 Å². The second-order valence-electron chi connectivity index (χ2n) is 6.10. The van der Waals surface area contributed by atoms with Crippen molar-refractivity contribution in [2.24, 2.45) is 0 Å². The minimum atomic E-state index is 0.535. The number of para-hydroxylation sites is 1. The topological polar surface area (TPSA) is 30.7 Å². The molecule has 2 heterocycles. The molecule has 2 aromatic heterocycles. The highest BCUT2D eigenvalue weighted by Gasteiger charge is 2.23. The maximum atomic E-state index is 5.60. The fourth-order valence-corrected chi connectivity index (χ4v) is 3.66. The van der Waals surface area contributed by atoms with E-state index in [1.54, 1.807) is 0 Å². The summed E-state index contributed by atoms with van der Waals surface area (Å²) in [7, 11) is 0. The lowest BCUT2D eigenvalue weighted by Crippen LogP contribution is -2.12. The number of pyridine rings is 1. The Morgan fingerprint density at radius 3 is 2.82 bits per heavy atom. The Morgan fingerprint density at radius 2 is 2.00 bits per heavy atom. The number of terminal acetylenes is 1. The van der Waals surface area contributed by atoms with Gasteiger partial charge in [0.05, 0.1) is 29.3 Å². The van der Waals surface area contributed by atoms with Crippen molar-refractivity contribution in [1.29, 1.82) is 0 Å². The zero-order valence-corrected chi connectivity index (χ0v) is 12.6. The molecule has 22 heavy (non-hydrogen) atoms. The lowest BCUT2D eigenvalue weighted by atomic mass is 9.88. The first kappa shape index (κ1) is 13.3. The van der Waals surface area contributed by atoms with E-state index >= 15 is 0 Å². The molecule has 1 aliphatic rings. The zero-order chi connectivity index (χ0) is 14.9. The molecule has 0 aliphatic heterocycles. The first-order valence-corrected chi connectivity index (χ1v) is 8.06. The third-order valence-electron chi connectivity index (χ3n) is 4.74. The van der Waals surface area contributed by atoms with Crippen LogP contribution in [0, 0.1) is 12.3 Å². The van der Waals surface area contributed by atoms with Crippen LogP contribution in [0.4, 0.5) is 0 Å². The molecule has 1 fully saturated rings. The summed E-state index contributed by atoms with van der Waals surface area (Å²) >= 11 is 0. The van der Waals surface area contributed by atoms with Gasteiger partial charge in [0.2, 0.25) is 0 Å². The molecular weight excluding hydrogens is 270 g/mol. The van der Waals surface area contributed by atoms with E-state index < -0.39 is 0 Å². The monoisotopic (exact) mass is 289 g/mol. The fraction of sp³-hybridized carbons (Fsp3) is 0.368. The Labute approximate surface area is 130 Å². The first-order chi connectivity index (χ1) is 10.9. The predicted octanol–water partition coefficient (Wildman–Crippen LogP) is 4.27. The van der Waals surface area contributed by atoms with Gasteiger partial charge in [0.1, 0.15) is 5.82 Å². The molecule has 0 bridgehead atoms. The largest absolute Gasteiger partial charge is 0.315 e. The highest BCUT2D eigenvalue weighted by molar-refractivity contribution is 6.02. The molecule has 0 amide bonds. The van der Waals surface area contributed by atoms with E-state index in [4.69, 9.17) is 11.4 Å². The Bertz CT molecular complexity index is 863. The van der Waals surface area contributed by atoms with Gasteiger partial charge in [-0.3, -0.25) is 4.98 Å². The van der Waals surface area contributed by atoms with E-state index in [0.717, 1.165) is 27.8 Å². The molecule has 0 saturated heterocycles. The van der Waals surface area contributed by atoms with Crippen LogP contribution in [0.2, 0.25) is 0 Å². The molecule has 3 heteroatoms. The van der Waals surface area contributed by atoms with Crippen molar-refractivity contribution in [2.45, 2.75) is 44.6 Å². The Hall–Kier alpha value is -2.34. The van der Waals surface area contributed by atoms with Crippen LogP contribution in [-0.2, 0) is 6.54 Å². The average molecular weight is 289 g/mol. The number of aromatic nitrogens is 3. The van der Waals surface area contributed by atoms with Gasteiger partial charge < -0.3 is 4.57 Å². The Kier molecular flexibility index (Phi) is 3.31. The smallest absolute Gasteiger partial charge is 0.113 e. The molecule has 3 nitrogen and oxygen atoms in total. The molecule has 0 spiro atoms. The lowest BCUT2D eigenvalue weighted by Gasteiger charge is -2.21. The van der Waals surface area contributed by atoms with Gasteiger partial charge >= 0.3 is 0 Å². The van der Waals surface area contributed by atoms with Gasteiger partial charge in [0.15, 0.2) is 0 Å². The zero-order valence-electron chi connectivity index (χ0n) is 12.6. The highest BCUT2D eigenvalue weighted by Crippen LogP contribution is 2.35. The summed E-state index contributed by atoms with van der Waals surface area (Å²) in [5.74, 6) is 4.48. The van der Waals surface area contributed by atoms with Gasteiger partial charge in [-0.15, -0.1) is 6.42 Å². The van der Waals surface area contributed by atoms with Crippen molar-refractivity contribution in [3.05, 3.63) is 36.3 Å². The third-order valence-corrected chi connectivity index (χ3v) is 4.74. The summed E-state index contributed by atoms with van der Waals surface area (Å²) in [5.41, 5.74) is 3.11. The van der Waals surface area contributed by atoms with E-state index in [2.05, 4.69) is 21.5 Å². The molecule has 4 rings (SSSR count). The van der Waals surface area contributed by atoms with E-state index in [0.29, 0.717) is 12.5 Å². The lowest BCUT2D eigenvalue weighted by molar-refractivity contribution is 0.421. The second kappa shape index (κ2) is 5.46. The molecule has 1 aliphatic carbocycles. The SMILES string of the molecule is C#CCn1c(C2CCCCC2)nc2c3ccccc3ncc21. The van der Waals surface area contributed by atoms with Crippen LogP contribution in [0.3, 0.4) is 0 Å². The number of nitrogens with zero attached hydrogens (tertiary/aromatic N) is 3. The maximum absolute atomic E-state index is 5.60. The quantitative estimate of drug-likeness (QED) is 0.660. The molecule has 0 N–H and O–H groups in total. The van der Waals surface area contributed by atoms with Crippen LogP contribution in [-0.4, -0.2) is 14.5 Å². The average Bonchev–Trinajstić information content (AvgIpc) is 2.95. The minimum absolute atomic E-state index is 0.535. The molecular formula is C19H19N3. The van der Waals surface area contributed by atoms with E-state index in [9.17, 15) is 0 Å². The number of benzene rings is 1. The Morgan fingerprint density at radius 1 is 1.18 bits per heavy atom. The molecule has 0 atom stereocenters. The van der Waals surface area contributed by atoms with Crippen LogP contribution in [0.15, 0.2) is 30.5 Å². The molecule has 0 radical (unpaired) electrons. The van der Waals surface area contributed by atoms with Crippen LogP contribution >= 0.6 is 0 Å². The summed E-state index contributed by atoms with van der Waals surface area (Å²) in [4.78, 5) is 9.59. The molecule has 1 saturated carbocycles. The standard InChI is InChI=1S/C19H19N3/c1-2-12-22-17-13-20-16-11-7-6-10-15(16)18(17)21-19(22)14-8-4-3-5-9-14/h1,6-7,10-11,13-14H,3-5,8-9,12H2. The Balaban J connectivity index is 1.97. The minimum Gasteiger partial charge on any atom is -0.315 e. The van der Waals surface area contributed by atoms with Gasteiger partial charge in [-0.1, -0.05) is 43.4 Å². The molecule has 0 unspecified atom stereocenters. The van der Waals surface area contributed by atoms with Crippen molar-refractivity contribution in [2.75, 3.05) is 0 Å². The van der Waals surface area contributed by atoms with Gasteiger partial charge in [0, 0.05) is 11.3 Å². The molecule has 110 valence electrons. The van der Waals surface area contributed by atoms with Gasteiger partial charge in [-0.25, -0.2) is 4.98 Å². The van der Waals surface area contributed by atoms with Crippen LogP contribution in [0.5, 0.6) is 0 Å². The number of rotatable bonds is 2. The van der Waals surface area contributed by atoms with Crippen molar-refractivity contribution >= 4 is 21.9 Å². The van der Waals surface area contributed by atoms with Crippen molar-refractivity contribution in [3.8, 4) is 12.3 Å². The number of imidazole rings is 1. The molecule has 3 aromatic rings. The van der Waals surface area contributed by atoms with E-state index in [1.165, 1.54) is 32.1 Å². The number of hydrogen-bond donors (Lipinski definition) is 0. The highest BCUT2D eigenvalue weighted by atomic mass is 15.1. The van der Waals surface area contributed by atoms with Crippen LogP contribution in [0.25, 0.3) is 21.9 Å². The summed E-state index contributed by atoms with van der Waals surface area (Å²) in [6.07, 6.45) is 13.9. The normalized spacial score (nSPS) is 16.1. The molecule has 1 aromatic carbocycles. The van der Waals surface area contributed by atoms with Crippen LogP contribution in [0.1, 0.15) is 43.8 Å². The number of hydrogen-bond acceptors (Lipinski definition) is 2. The van der Waals surface area contributed by atoms with E-state index in [1.807, 2.05) is 24.4 Å². The van der Waals surface area contributed by atoms with Gasteiger partial charge in [-0.2, -0.15) is 0 Å². The van der Waals surface area contributed by atoms with E-state index in [-0.39, 0.29) is 0 Å². The summed E-state index contributed by atoms with van der Waals surface area (Å²) in [6, 6.07) is 8.20. The fourth-order valence-electron chi connectivity index (χ4n) is 3.66. The maximum Gasteiger partial charge on any atom is 0.113 e. The van der Waals surface area contributed by atoms with Crippen molar-refractivity contribution < 1.29 is 0 Å². The summed E-state index contributed by atoms with van der Waals surface area (Å²) in [6.45, 7) is 0.572. The van der Waals surface area contributed by atoms with Gasteiger partial charge in [-0.05, 0) is 18.9 Å². The summed E-state index contributed by atoms with van der Waals surface area (Å²) < 4.78 is 2.20. The van der Waals surface area contributed by atoms with Crippen LogP contribution < -0.4 is 0 Å². The first-order valence-electron chi connectivity index (χ1n) is 8.06. The third kappa shape index (κ3) is 2.07.